The van der Waals surface area contributed by atoms with Crippen LogP contribution in [0.1, 0.15) is 29.0 Å². The number of carbonyl (C=O) groups is 2. The molecule has 178 valence electrons. The van der Waals surface area contributed by atoms with Crippen molar-refractivity contribution in [2.24, 2.45) is 0 Å². The van der Waals surface area contributed by atoms with E-state index in [1.807, 2.05) is 0 Å². The standard InChI is InChI=1S/C22H20ClF3N6O2/c23-14-1-2-16-15(12-14)21(30-20(29-16)19(25)26)31-8-6-28-18(33)4-7-32(10-9-31)22(34)13-3-5-27-17(24)11-13/h1-3,5,11-12,19H,4,6-10H2,(H,28,33). The Labute approximate surface area is 197 Å². The molecule has 12 heteroatoms. The molecule has 0 spiro atoms. The molecule has 1 saturated heterocycles. The van der Waals surface area contributed by atoms with E-state index in [-0.39, 0.29) is 56.4 Å². The zero-order chi connectivity index (χ0) is 24.2. The third-order valence-corrected chi connectivity index (χ3v) is 5.60. The van der Waals surface area contributed by atoms with Crippen molar-refractivity contribution >= 4 is 40.1 Å². The summed E-state index contributed by atoms with van der Waals surface area (Å²) < 4.78 is 40.6. The zero-order valence-electron chi connectivity index (χ0n) is 17.8. The van der Waals surface area contributed by atoms with Crippen LogP contribution in [0.2, 0.25) is 5.02 Å². The second-order valence-electron chi connectivity index (χ2n) is 7.61. The van der Waals surface area contributed by atoms with Gasteiger partial charge in [0.1, 0.15) is 5.82 Å². The summed E-state index contributed by atoms with van der Waals surface area (Å²) in [5.74, 6) is -1.95. The lowest BCUT2D eigenvalue weighted by Gasteiger charge is -2.31. The smallest absolute Gasteiger partial charge is 0.297 e. The molecule has 34 heavy (non-hydrogen) atoms. The van der Waals surface area contributed by atoms with Crippen LogP contribution in [0.4, 0.5) is 19.0 Å². The highest BCUT2D eigenvalue weighted by Crippen LogP contribution is 2.29. The molecule has 2 aromatic heterocycles. The van der Waals surface area contributed by atoms with Gasteiger partial charge in [0.25, 0.3) is 12.3 Å². The second-order valence-corrected chi connectivity index (χ2v) is 8.05. The quantitative estimate of drug-likeness (QED) is 0.565. The summed E-state index contributed by atoms with van der Waals surface area (Å²) in [4.78, 5) is 39.8. The lowest BCUT2D eigenvalue weighted by molar-refractivity contribution is -0.121. The molecule has 1 aromatic carbocycles. The van der Waals surface area contributed by atoms with Crippen molar-refractivity contribution in [3.8, 4) is 0 Å². The number of rotatable bonds is 3. The van der Waals surface area contributed by atoms with Crippen LogP contribution in [0.15, 0.2) is 36.5 Å². The van der Waals surface area contributed by atoms with Gasteiger partial charge in [0, 0.05) is 67.4 Å². The summed E-state index contributed by atoms with van der Waals surface area (Å²) in [5, 5.41) is 3.60. The van der Waals surface area contributed by atoms with Crippen LogP contribution in [0.5, 0.6) is 0 Å². The summed E-state index contributed by atoms with van der Waals surface area (Å²) in [6.07, 6.45) is -1.63. The molecule has 3 heterocycles. The lowest BCUT2D eigenvalue weighted by atomic mass is 10.2. The molecule has 1 N–H and O–H groups in total. The Morgan fingerprint density at radius 3 is 2.68 bits per heavy atom. The van der Waals surface area contributed by atoms with E-state index in [0.29, 0.717) is 15.9 Å². The maximum absolute atomic E-state index is 13.5. The molecule has 3 aromatic rings. The van der Waals surface area contributed by atoms with Gasteiger partial charge in [-0.15, -0.1) is 0 Å². The van der Waals surface area contributed by atoms with E-state index in [1.165, 1.54) is 23.2 Å². The number of halogens is 4. The predicted octanol–water partition coefficient (Wildman–Crippen LogP) is 3.22. The SMILES string of the molecule is O=C1CCN(C(=O)c2ccnc(F)c2)CCN(c2nc(C(F)F)nc3ccc(Cl)cc23)CCN1. The van der Waals surface area contributed by atoms with E-state index in [0.717, 1.165) is 6.07 Å². The third kappa shape index (κ3) is 5.36. The molecule has 1 aliphatic rings. The molecule has 0 bridgehead atoms. The molecular weight excluding hydrogens is 473 g/mol. The van der Waals surface area contributed by atoms with Crippen molar-refractivity contribution in [1.82, 2.24) is 25.2 Å². The van der Waals surface area contributed by atoms with Gasteiger partial charge >= 0.3 is 0 Å². The first-order chi connectivity index (χ1) is 16.3. The molecule has 8 nitrogen and oxygen atoms in total. The molecule has 0 aliphatic carbocycles. The van der Waals surface area contributed by atoms with E-state index < -0.39 is 24.1 Å². The number of hydrogen-bond acceptors (Lipinski definition) is 6. The monoisotopic (exact) mass is 492 g/mol. The van der Waals surface area contributed by atoms with E-state index in [2.05, 4.69) is 20.3 Å². The fraction of sp³-hybridized carbons (Fsp3) is 0.318. The Morgan fingerprint density at radius 1 is 1.09 bits per heavy atom. The molecule has 0 radical (unpaired) electrons. The fourth-order valence-corrected chi connectivity index (χ4v) is 3.87. The van der Waals surface area contributed by atoms with Gasteiger partial charge in [-0.05, 0) is 24.3 Å². The van der Waals surface area contributed by atoms with Crippen molar-refractivity contribution in [1.29, 1.82) is 0 Å². The van der Waals surface area contributed by atoms with Crippen LogP contribution in [-0.4, -0.2) is 64.4 Å². The lowest BCUT2D eigenvalue weighted by Crippen LogP contribution is -2.45. The van der Waals surface area contributed by atoms with Crippen molar-refractivity contribution < 1.29 is 22.8 Å². The maximum atomic E-state index is 13.5. The highest BCUT2D eigenvalue weighted by molar-refractivity contribution is 6.31. The number of nitrogens with zero attached hydrogens (tertiary/aromatic N) is 5. The largest absolute Gasteiger partial charge is 0.354 e. The van der Waals surface area contributed by atoms with Crippen LogP contribution in [0.3, 0.4) is 0 Å². The summed E-state index contributed by atoms with van der Waals surface area (Å²) in [7, 11) is 0. The number of fused-ring (bicyclic) bond motifs is 1. The van der Waals surface area contributed by atoms with E-state index in [9.17, 15) is 22.8 Å². The second kappa shape index (κ2) is 10.2. The van der Waals surface area contributed by atoms with Crippen molar-refractivity contribution in [3.05, 3.63) is 58.9 Å². The van der Waals surface area contributed by atoms with Crippen molar-refractivity contribution in [2.75, 3.05) is 37.6 Å². The van der Waals surface area contributed by atoms with Gasteiger partial charge in [0.15, 0.2) is 5.82 Å². The normalized spacial score (nSPS) is 15.5. The minimum absolute atomic E-state index is 0.0703. The predicted molar refractivity (Wildman–Crippen MR) is 119 cm³/mol. The van der Waals surface area contributed by atoms with Gasteiger partial charge in [0.05, 0.1) is 5.52 Å². The molecule has 4 rings (SSSR count). The summed E-state index contributed by atoms with van der Waals surface area (Å²) >= 11 is 6.13. The van der Waals surface area contributed by atoms with E-state index >= 15 is 0 Å². The first-order valence-corrected chi connectivity index (χ1v) is 10.9. The first kappa shape index (κ1) is 23.7. The first-order valence-electron chi connectivity index (χ1n) is 10.5. The highest BCUT2D eigenvalue weighted by Gasteiger charge is 2.23. The van der Waals surface area contributed by atoms with Gasteiger partial charge < -0.3 is 15.1 Å². The molecule has 1 aliphatic heterocycles. The molecule has 0 saturated carbocycles. The number of aromatic nitrogens is 3. The molecular formula is C22H20ClF3N6O2. The Balaban J connectivity index is 1.69. The van der Waals surface area contributed by atoms with Crippen LogP contribution >= 0.6 is 11.6 Å². The average molecular weight is 493 g/mol. The maximum Gasteiger partial charge on any atom is 0.297 e. The summed E-state index contributed by atoms with van der Waals surface area (Å²) in [6.45, 7) is 0.959. The minimum Gasteiger partial charge on any atom is -0.354 e. The van der Waals surface area contributed by atoms with E-state index in [4.69, 9.17) is 11.6 Å². The van der Waals surface area contributed by atoms with Gasteiger partial charge in [-0.1, -0.05) is 11.6 Å². The number of pyridine rings is 1. The van der Waals surface area contributed by atoms with Crippen LogP contribution in [0.25, 0.3) is 10.9 Å². The average Bonchev–Trinajstić information content (AvgIpc) is 2.82. The fourth-order valence-electron chi connectivity index (χ4n) is 3.69. The minimum atomic E-state index is -2.89. The van der Waals surface area contributed by atoms with Crippen molar-refractivity contribution in [3.63, 3.8) is 0 Å². The van der Waals surface area contributed by atoms with Gasteiger partial charge in [-0.3, -0.25) is 9.59 Å². The number of hydrogen-bond donors (Lipinski definition) is 1. The molecule has 0 atom stereocenters. The Morgan fingerprint density at radius 2 is 1.91 bits per heavy atom. The molecule has 2 amide bonds. The van der Waals surface area contributed by atoms with Gasteiger partial charge in [-0.25, -0.2) is 23.7 Å². The number of benzene rings is 1. The van der Waals surface area contributed by atoms with Gasteiger partial charge in [0.2, 0.25) is 11.9 Å². The number of amides is 2. The number of carbonyl (C=O) groups excluding carboxylic acids is 2. The Bertz CT molecular complexity index is 1230. The zero-order valence-corrected chi connectivity index (χ0v) is 18.6. The van der Waals surface area contributed by atoms with E-state index in [1.54, 1.807) is 17.0 Å². The Kier molecular flexibility index (Phi) is 7.11. The molecule has 1 fully saturated rings. The topological polar surface area (TPSA) is 91.3 Å². The molecule has 0 unspecified atom stereocenters. The number of nitrogens with one attached hydrogen (secondary N) is 1. The number of anilines is 1. The van der Waals surface area contributed by atoms with Crippen LogP contribution < -0.4 is 10.2 Å². The van der Waals surface area contributed by atoms with Gasteiger partial charge in [-0.2, -0.15) is 4.39 Å². The van der Waals surface area contributed by atoms with Crippen LogP contribution in [-0.2, 0) is 4.79 Å². The van der Waals surface area contributed by atoms with Crippen LogP contribution in [0, 0.1) is 5.95 Å². The third-order valence-electron chi connectivity index (χ3n) is 5.36. The Hall–Kier alpha value is -3.47. The summed E-state index contributed by atoms with van der Waals surface area (Å²) in [6, 6.07) is 7.07. The summed E-state index contributed by atoms with van der Waals surface area (Å²) in [5.41, 5.74) is 0.391. The number of alkyl halides is 2. The van der Waals surface area contributed by atoms with Crippen molar-refractivity contribution in [2.45, 2.75) is 12.8 Å². The highest BCUT2D eigenvalue weighted by atomic mass is 35.5.